The van der Waals surface area contributed by atoms with Crippen molar-refractivity contribution in [2.45, 2.75) is 18.9 Å². The number of methoxy groups -OCH3 is 1. The van der Waals surface area contributed by atoms with Crippen molar-refractivity contribution in [3.63, 3.8) is 0 Å². The lowest BCUT2D eigenvalue weighted by atomic mass is 10.1. The molecule has 0 radical (unpaired) electrons. The Kier molecular flexibility index (Phi) is 4.69. The number of nitrogens with two attached hydrogens (primary N) is 1. The quantitative estimate of drug-likeness (QED) is 0.617. The largest absolute Gasteiger partial charge is 0.383 e. The number of carbonyl (C=O) groups excluding carboxylic acids is 1. The molecule has 5 nitrogen and oxygen atoms in total. The normalized spacial score (nSPS) is 18.5. The second-order valence-corrected chi connectivity index (χ2v) is 3.55. The summed E-state index contributed by atoms with van der Waals surface area (Å²) in [5.41, 5.74) is 5.18. The number of hydrogen-bond donors (Lipinski definition) is 2. The van der Waals surface area contributed by atoms with Gasteiger partial charge in [0.2, 0.25) is 0 Å². The van der Waals surface area contributed by atoms with Crippen molar-refractivity contribution in [3.8, 4) is 0 Å². The highest BCUT2D eigenvalue weighted by Gasteiger charge is 2.20. The number of amides is 2. The standard InChI is InChI=1S/C9H19N3O2/c1-14-7-4-11-8-2-5-12(6-3-8)9(10)13/h8,11H,2-7H2,1H3,(H2,10,13). The molecule has 1 aliphatic heterocycles. The van der Waals surface area contributed by atoms with Crippen LogP contribution in [0.2, 0.25) is 0 Å². The van der Waals surface area contributed by atoms with E-state index in [9.17, 15) is 4.79 Å². The number of nitrogens with zero attached hydrogens (tertiary/aromatic N) is 1. The molecule has 1 aliphatic rings. The maximum absolute atomic E-state index is 10.8. The van der Waals surface area contributed by atoms with Gasteiger partial charge in [0.25, 0.3) is 0 Å². The topological polar surface area (TPSA) is 67.6 Å². The van der Waals surface area contributed by atoms with Gasteiger partial charge in [-0.05, 0) is 12.8 Å². The van der Waals surface area contributed by atoms with Crippen molar-refractivity contribution < 1.29 is 9.53 Å². The fraction of sp³-hybridized carbons (Fsp3) is 0.889. The molecule has 0 saturated carbocycles. The number of hydrogen-bond acceptors (Lipinski definition) is 3. The zero-order valence-electron chi connectivity index (χ0n) is 8.66. The molecule has 1 rings (SSSR count). The van der Waals surface area contributed by atoms with Crippen LogP contribution in [0.4, 0.5) is 4.79 Å². The molecule has 0 aromatic carbocycles. The van der Waals surface area contributed by atoms with Crippen LogP contribution in [-0.2, 0) is 4.74 Å². The third kappa shape index (κ3) is 3.51. The molecule has 0 unspecified atom stereocenters. The SMILES string of the molecule is COCCNC1CCN(C(N)=O)CC1. The average Bonchev–Trinajstić information content (AvgIpc) is 2.19. The molecular formula is C9H19N3O2. The second kappa shape index (κ2) is 5.82. The van der Waals surface area contributed by atoms with Crippen molar-refractivity contribution in [2.24, 2.45) is 5.73 Å². The van der Waals surface area contributed by atoms with Gasteiger partial charge in [0.05, 0.1) is 6.61 Å². The van der Waals surface area contributed by atoms with E-state index in [1.165, 1.54) is 0 Å². The molecule has 1 fully saturated rings. The molecule has 0 aromatic heterocycles. The molecule has 0 atom stereocenters. The fourth-order valence-electron chi connectivity index (χ4n) is 1.67. The third-order valence-electron chi connectivity index (χ3n) is 2.55. The number of ether oxygens (including phenoxy) is 1. The highest BCUT2D eigenvalue weighted by atomic mass is 16.5. The smallest absolute Gasteiger partial charge is 0.314 e. The Morgan fingerprint density at radius 1 is 1.57 bits per heavy atom. The van der Waals surface area contributed by atoms with Crippen molar-refractivity contribution >= 4 is 6.03 Å². The first-order valence-electron chi connectivity index (χ1n) is 5.00. The van der Waals surface area contributed by atoms with Crippen LogP contribution in [0.5, 0.6) is 0 Å². The minimum absolute atomic E-state index is 0.305. The number of piperidine rings is 1. The van der Waals surface area contributed by atoms with E-state index in [2.05, 4.69) is 5.32 Å². The predicted molar refractivity (Wildman–Crippen MR) is 54.1 cm³/mol. The summed E-state index contributed by atoms with van der Waals surface area (Å²) in [5.74, 6) is 0. The van der Waals surface area contributed by atoms with Crippen molar-refractivity contribution in [1.29, 1.82) is 0 Å². The number of primary amides is 1. The first kappa shape index (κ1) is 11.3. The van der Waals surface area contributed by atoms with Gasteiger partial charge in [0, 0.05) is 32.8 Å². The molecule has 3 N–H and O–H groups in total. The number of likely N-dealkylation sites (tertiary alicyclic amines) is 1. The summed E-state index contributed by atoms with van der Waals surface area (Å²) >= 11 is 0. The van der Waals surface area contributed by atoms with E-state index in [1.807, 2.05) is 0 Å². The van der Waals surface area contributed by atoms with Crippen LogP contribution in [0.25, 0.3) is 0 Å². The summed E-state index contributed by atoms with van der Waals surface area (Å²) in [5, 5.41) is 3.38. The molecule has 0 spiro atoms. The average molecular weight is 201 g/mol. The fourth-order valence-corrected chi connectivity index (χ4v) is 1.67. The van der Waals surface area contributed by atoms with Crippen LogP contribution in [0, 0.1) is 0 Å². The zero-order chi connectivity index (χ0) is 10.4. The summed E-state index contributed by atoms with van der Waals surface area (Å²) < 4.78 is 4.95. The summed E-state index contributed by atoms with van der Waals surface area (Å²) in [6.45, 7) is 3.13. The first-order chi connectivity index (χ1) is 6.74. The van der Waals surface area contributed by atoms with Crippen LogP contribution >= 0.6 is 0 Å². The summed E-state index contributed by atoms with van der Waals surface area (Å²) in [6, 6.07) is 0.195. The molecule has 0 aromatic rings. The monoisotopic (exact) mass is 201 g/mol. The van der Waals surface area contributed by atoms with Crippen LogP contribution in [-0.4, -0.2) is 50.3 Å². The van der Waals surface area contributed by atoms with Crippen LogP contribution in [0.1, 0.15) is 12.8 Å². The Hall–Kier alpha value is -0.810. The second-order valence-electron chi connectivity index (χ2n) is 3.55. The molecule has 2 amide bonds. The maximum Gasteiger partial charge on any atom is 0.314 e. The van der Waals surface area contributed by atoms with Gasteiger partial charge in [0.1, 0.15) is 0 Å². The van der Waals surface area contributed by atoms with E-state index < -0.39 is 0 Å². The Balaban J connectivity index is 2.12. The van der Waals surface area contributed by atoms with Gasteiger partial charge in [-0.2, -0.15) is 0 Å². The van der Waals surface area contributed by atoms with Gasteiger partial charge < -0.3 is 20.7 Å². The van der Waals surface area contributed by atoms with E-state index in [0.29, 0.717) is 6.04 Å². The van der Waals surface area contributed by atoms with E-state index in [1.54, 1.807) is 12.0 Å². The maximum atomic E-state index is 10.8. The lowest BCUT2D eigenvalue weighted by molar-refractivity contribution is 0.172. The van der Waals surface area contributed by atoms with E-state index >= 15 is 0 Å². The Morgan fingerprint density at radius 2 is 2.21 bits per heavy atom. The predicted octanol–water partition coefficient (Wildman–Crippen LogP) is -0.234. The number of rotatable bonds is 4. The Labute approximate surface area is 84.6 Å². The molecule has 5 heteroatoms. The summed E-state index contributed by atoms with van der Waals surface area (Å²) in [6.07, 6.45) is 1.96. The molecular weight excluding hydrogens is 182 g/mol. The lowest BCUT2D eigenvalue weighted by Gasteiger charge is -2.31. The molecule has 0 bridgehead atoms. The van der Waals surface area contributed by atoms with Gasteiger partial charge >= 0.3 is 6.03 Å². The number of carbonyl (C=O) groups is 1. The van der Waals surface area contributed by atoms with Gasteiger partial charge in [-0.15, -0.1) is 0 Å². The molecule has 0 aliphatic carbocycles. The first-order valence-corrected chi connectivity index (χ1v) is 5.00. The van der Waals surface area contributed by atoms with E-state index in [0.717, 1.165) is 39.1 Å². The van der Waals surface area contributed by atoms with Gasteiger partial charge in [-0.3, -0.25) is 0 Å². The molecule has 14 heavy (non-hydrogen) atoms. The summed E-state index contributed by atoms with van der Waals surface area (Å²) in [7, 11) is 1.69. The minimum Gasteiger partial charge on any atom is -0.383 e. The van der Waals surface area contributed by atoms with Crippen LogP contribution < -0.4 is 11.1 Å². The van der Waals surface area contributed by atoms with Crippen LogP contribution in [0.15, 0.2) is 0 Å². The van der Waals surface area contributed by atoms with Crippen LogP contribution in [0.3, 0.4) is 0 Å². The van der Waals surface area contributed by atoms with Crippen molar-refractivity contribution in [1.82, 2.24) is 10.2 Å². The van der Waals surface area contributed by atoms with Crippen molar-refractivity contribution in [2.75, 3.05) is 33.4 Å². The third-order valence-corrected chi connectivity index (χ3v) is 2.55. The highest BCUT2D eigenvalue weighted by molar-refractivity contribution is 5.72. The summed E-state index contributed by atoms with van der Waals surface area (Å²) in [4.78, 5) is 12.5. The number of nitrogens with one attached hydrogen (secondary N) is 1. The number of urea groups is 1. The zero-order valence-corrected chi connectivity index (χ0v) is 8.66. The lowest BCUT2D eigenvalue weighted by Crippen LogP contribution is -2.47. The Morgan fingerprint density at radius 3 is 2.71 bits per heavy atom. The molecule has 82 valence electrons. The van der Waals surface area contributed by atoms with Gasteiger partial charge in [0.15, 0.2) is 0 Å². The molecule has 1 saturated heterocycles. The highest BCUT2D eigenvalue weighted by Crippen LogP contribution is 2.09. The van der Waals surface area contributed by atoms with Gasteiger partial charge in [-0.1, -0.05) is 0 Å². The molecule has 1 heterocycles. The van der Waals surface area contributed by atoms with E-state index in [4.69, 9.17) is 10.5 Å². The van der Waals surface area contributed by atoms with E-state index in [-0.39, 0.29) is 6.03 Å². The van der Waals surface area contributed by atoms with Gasteiger partial charge in [-0.25, -0.2) is 4.79 Å². The van der Waals surface area contributed by atoms with Crippen molar-refractivity contribution in [3.05, 3.63) is 0 Å². The Bertz CT molecular complexity index is 179. The minimum atomic E-state index is -0.305.